The largest absolute Gasteiger partial charge is 0.495 e. The number of rotatable bonds is 6. The van der Waals surface area contributed by atoms with E-state index in [-0.39, 0.29) is 5.91 Å². The van der Waals surface area contributed by atoms with Crippen molar-refractivity contribution >= 4 is 40.3 Å². The van der Waals surface area contributed by atoms with Gasteiger partial charge in [0, 0.05) is 18.9 Å². The van der Waals surface area contributed by atoms with Crippen molar-refractivity contribution in [2.75, 3.05) is 7.11 Å². The van der Waals surface area contributed by atoms with Crippen molar-refractivity contribution in [1.82, 2.24) is 25.5 Å². The van der Waals surface area contributed by atoms with Gasteiger partial charge in [0.2, 0.25) is 0 Å². The summed E-state index contributed by atoms with van der Waals surface area (Å²) in [6.07, 6.45) is 8.57. The van der Waals surface area contributed by atoms with Gasteiger partial charge in [-0.05, 0) is 46.7 Å². The molecular formula is C20H17N5O2S. The van der Waals surface area contributed by atoms with Crippen LogP contribution >= 0.6 is 11.3 Å². The molecule has 0 fully saturated rings. The van der Waals surface area contributed by atoms with E-state index in [1.165, 1.54) is 0 Å². The second kappa shape index (κ2) is 8.01. The molecule has 1 amide bonds. The van der Waals surface area contributed by atoms with Crippen LogP contribution in [0.2, 0.25) is 0 Å². The summed E-state index contributed by atoms with van der Waals surface area (Å²) in [6, 6.07) is 5.51. The molecule has 3 heterocycles. The molecule has 8 heteroatoms. The number of nitrogens with one attached hydrogen (secondary N) is 2. The van der Waals surface area contributed by atoms with E-state index in [2.05, 4.69) is 25.5 Å². The van der Waals surface area contributed by atoms with E-state index >= 15 is 0 Å². The monoisotopic (exact) mass is 391 g/mol. The maximum atomic E-state index is 12.7. The first-order valence-corrected chi connectivity index (χ1v) is 9.49. The van der Waals surface area contributed by atoms with Crippen molar-refractivity contribution in [3.8, 4) is 5.75 Å². The van der Waals surface area contributed by atoms with Gasteiger partial charge in [-0.15, -0.1) is 0 Å². The number of aromatic nitrogens is 4. The number of hydrogen-bond acceptors (Lipinski definition) is 6. The highest BCUT2D eigenvalue weighted by Crippen LogP contribution is 2.32. The van der Waals surface area contributed by atoms with Crippen LogP contribution in [-0.2, 0) is 6.54 Å². The van der Waals surface area contributed by atoms with Gasteiger partial charge in [0.15, 0.2) is 0 Å². The molecule has 7 nitrogen and oxygen atoms in total. The van der Waals surface area contributed by atoms with Crippen LogP contribution in [-0.4, -0.2) is 33.2 Å². The number of benzene rings is 1. The lowest BCUT2D eigenvalue weighted by atomic mass is 10.1. The van der Waals surface area contributed by atoms with Gasteiger partial charge in [-0.25, -0.2) is 0 Å². The molecule has 0 atom stereocenters. The summed E-state index contributed by atoms with van der Waals surface area (Å²) in [5.74, 6) is 0.280. The number of amides is 1. The van der Waals surface area contributed by atoms with Crippen LogP contribution in [0.1, 0.15) is 27.3 Å². The van der Waals surface area contributed by atoms with E-state index in [9.17, 15) is 4.79 Å². The number of carbonyl (C=O) groups excluding carboxylic acids is 1. The number of ether oxygens (including phenoxy) is 1. The molecule has 2 N–H and O–H groups in total. The van der Waals surface area contributed by atoms with Gasteiger partial charge < -0.3 is 10.1 Å². The minimum atomic E-state index is -0.199. The van der Waals surface area contributed by atoms with Crippen LogP contribution in [0.3, 0.4) is 0 Å². The van der Waals surface area contributed by atoms with Crippen LogP contribution in [0.25, 0.3) is 23.1 Å². The molecule has 4 rings (SSSR count). The molecule has 28 heavy (non-hydrogen) atoms. The van der Waals surface area contributed by atoms with E-state index < -0.39 is 0 Å². The number of H-pyrrole nitrogens is 1. The minimum absolute atomic E-state index is 0.199. The SMILES string of the molecule is COc1c(C(=O)NCc2ccsc2)ccc2n[nH]c(/C=C/c3cnccn3)c12. The third kappa shape index (κ3) is 3.63. The average Bonchev–Trinajstić information content (AvgIpc) is 3.40. The molecule has 0 unspecified atom stereocenters. The quantitative estimate of drug-likeness (QED) is 0.525. The van der Waals surface area contributed by atoms with Crippen LogP contribution in [0, 0.1) is 0 Å². The van der Waals surface area contributed by atoms with Crippen LogP contribution in [0.15, 0.2) is 47.5 Å². The first kappa shape index (κ1) is 17.9. The lowest BCUT2D eigenvalue weighted by Crippen LogP contribution is -2.23. The molecular weight excluding hydrogens is 374 g/mol. The van der Waals surface area contributed by atoms with Crippen molar-refractivity contribution in [2.24, 2.45) is 0 Å². The number of methoxy groups -OCH3 is 1. The molecule has 0 saturated carbocycles. The maximum Gasteiger partial charge on any atom is 0.255 e. The smallest absolute Gasteiger partial charge is 0.255 e. The Morgan fingerprint density at radius 2 is 2.21 bits per heavy atom. The van der Waals surface area contributed by atoms with Gasteiger partial charge in [-0.2, -0.15) is 16.4 Å². The molecule has 0 radical (unpaired) electrons. The number of nitrogens with zero attached hydrogens (tertiary/aromatic N) is 3. The highest BCUT2D eigenvalue weighted by atomic mass is 32.1. The Morgan fingerprint density at radius 3 is 2.96 bits per heavy atom. The Kier molecular flexibility index (Phi) is 5.11. The van der Waals surface area contributed by atoms with Crippen molar-refractivity contribution in [3.63, 3.8) is 0 Å². The van der Waals surface area contributed by atoms with Gasteiger partial charge in [-0.1, -0.05) is 0 Å². The summed E-state index contributed by atoms with van der Waals surface area (Å²) in [5, 5.41) is 14.9. The van der Waals surface area contributed by atoms with Crippen LogP contribution in [0.4, 0.5) is 0 Å². The summed E-state index contributed by atoms with van der Waals surface area (Å²) in [4.78, 5) is 21.0. The fraction of sp³-hybridized carbons (Fsp3) is 0.100. The topological polar surface area (TPSA) is 92.8 Å². The summed E-state index contributed by atoms with van der Waals surface area (Å²) in [7, 11) is 1.55. The summed E-state index contributed by atoms with van der Waals surface area (Å²) in [6.45, 7) is 0.467. The van der Waals surface area contributed by atoms with Gasteiger partial charge >= 0.3 is 0 Å². The van der Waals surface area contributed by atoms with Crippen molar-refractivity contribution in [3.05, 3.63) is 70.1 Å². The van der Waals surface area contributed by atoms with E-state index in [4.69, 9.17) is 4.74 Å². The normalized spacial score (nSPS) is 11.2. The van der Waals surface area contributed by atoms with Crippen molar-refractivity contribution in [1.29, 1.82) is 0 Å². The zero-order valence-corrected chi connectivity index (χ0v) is 15.9. The third-order valence-corrected chi connectivity index (χ3v) is 4.92. The Balaban J connectivity index is 1.66. The highest BCUT2D eigenvalue weighted by Gasteiger charge is 2.18. The molecule has 0 aliphatic rings. The fourth-order valence-electron chi connectivity index (χ4n) is 2.85. The molecule has 0 aliphatic heterocycles. The number of hydrogen-bond donors (Lipinski definition) is 2. The maximum absolute atomic E-state index is 12.7. The third-order valence-electron chi connectivity index (χ3n) is 4.19. The zero-order chi connectivity index (χ0) is 19.3. The first-order valence-electron chi connectivity index (χ1n) is 8.54. The Morgan fingerprint density at radius 1 is 1.29 bits per heavy atom. The molecule has 4 aromatic rings. The standard InChI is InChI=1S/C20H17N5O2S/c1-27-19-15(20(26)23-10-13-6-9-28-12-13)3-5-17-18(19)16(24-25-17)4-2-14-11-21-7-8-22-14/h2-9,11-12H,10H2,1H3,(H,23,26)(H,24,25)/b4-2+. The second-order valence-electron chi connectivity index (χ2n) is 5.96. The number of aromatic amines is 1. The molecule has 1 aromatic carbocycles. The highest BCUT2D eigenvalue weighted by molar-refractivity contribution is 7.07. The Hall–Kier alpha value is -3.52. The van der Waals surface area contributed by atoms with E-state index in [1.54, 1.807) is 49.2 Å². The molecule has 0 aliphatic carbocycles. The lowest BCUT2D eigenvalue weighted by Gasteiger charge is -2.10. The van der Waals surface area contributed by atoms with Gasteiger partial charge in [-0.3, -0.25) is 19.9 Å². The summed E-state index contributed by atoms with van der Waals surface area (Å²) < 4.78 is 5.59. The minimum Gasteiger partial charge on any atom is -0.495 e. The van der Waals surface area contributed by atoms with E-state index in [1.807, 2.05) is 29.0 Å². The van der Waals surface area contributed by atoms with Gasteiger partial charge in [0.25, 0.3) is 5.91 Å². The van der Waals surface area contributed by atoms with E-state index in [0.29, 0.717) is 29.1 Å². The molecule has 0 saturated heterocycles. The van der Waals surface area contributed by atoms with Crippen LogP contribution < -0.4 is 10.1 Å². The molecule has 0 bridgehead atoms. The first-order chi connectivity index (χ1) is 13.8. The zero-order valence-electron chi connectivity index (χ0n) is 15.0. The predicted molar refractivity (Wildman–Crippen MR) is 109 cm³/mol. The summed E-state index contributed by atoms with van der Waals surface area (Å²) in [5.41, 5.74) is 3.68. The van der Waals surface area contributed by atoms with Crippen molar-refractivity contribution in [2.45, 2.75) is 6.54 Å². The lowest BCUT2D eigenvalue weighted by molar-refractivity contribution is 0.0948. The Bertz CT molecular complexity index is 1120. The molecule has 140 valence electrons. The van der Waals surface area contributed by atoms with Crippen LogP contribution in [0.5, 0.6) is 5.75 Å². The van der Waals surface area contributed by atoms with E-state index in [0.717, 1.165) is 16.6 Å². The Labute approximate surface area is 165 Å². The van der Waals surface area contributed by atoms with Gasteiger partial charge in [0.05, 0.1) is 41.2 Å². The number of thiophene rings is 1. The summed E-state index contributed by atoms with van der Waals surface area (Å²) >= 11 is 1.60. The molecule has 3 aromatic heterocycles. The molecule has 0 spiro atoms. The predicted octanol–water partition coefficient (Wildman–Crippen LogP) is 3.52. The second-order valence-corrected chi connectivity index (χ2v) is 6.74. The number of carbonyl (C=O) groups is 1. The van der Waals surface area contributed by atoms with Crippen molar-refractivity contribution < 1.29 is 9.53 Å². The number of fused-ring (bicyclic) bond motifs is 1. The fourth-order valence-corrected chi connectivity index (χ4v) is 3.52. The van der Waals surface area contributed by atoms with Gasteiger partial charge in [0.1, 0.15) is 5.75 Å². The average molecular weight is 391 g/mol.